The Morgan fingerprint density at radius 3 is 1.95 bits per heavy atom. The number of hydrogen-bond acceptors (Lipinski definition) is 4. The molecule has 2 amide bonds. The number of urea groups is 1. The fourth-order valence-electron chi connectivity index (χ4n) is 5.57. The van der Waals surface area contributed by atoms with Gasteiger partial charge in [-0.05, 0) is 68.2 Å². The van der Waals surface area contributed by atoms with Crippen LogP contribution in [-0.2, 0) is 22.4 Å². The number of nitrogens with one attached hydrogen (secondary N) is 1. The molecular weight excluding hydrogens is 629 g/mol. The number of carbonyl (C=O) groups excluding carboxylic acids is 1. The number of benzene rings is 2. The van der Waals surface area contributed by atoms with Crippen molar-refractivity contribution in [1.29, 1.82) is 0 Å². The lowest BCUT2D eigenvalue weighted by Gasteiger charge is -2.44. The molecule has 240 valence electrons. The monoisotopic (exact) mass is 660 g/mol. The second-order valence-electron chi connectivity index (χ2n) is 10.6. The van der Waals surface area contributed by atoms with Gasteiger partial charge in [-0.1, -0.05) is 12.1 Å². The number of amides is 2. The number of halogens is 8. The molecule has 1 N–H and O–H groups in total. The number of alkyl halides is 6. The smallest absolute Gasteiger partial charge is 0.324 e. The zero-order chi connectivity index (χ0) is 31.0. The topological polar surface area (TPSA) is 73.0 Å². The van der Waals surface area contributed by atoms with Crippen molar-refractivity contribution in [3.8, 4) is 0 Å². The van der Waals surface area contributed by atoms with Crippen LogP contribution in [0.5, 0.6) is 0 Å². The summed E-state index contributed by atoms with van der Waals surface area (Å²) in [7, 11) is -1.28. The number of hydrogen-bond donors (Lipinski definition) is 1. The molecule has 2 fully saturated rings. The van der Waals surface area contributed by atoms with Crippen molar-refractivity contribution in [2.45, 2.75) is 48.8 Å². The van der Waals surface area contributed by atoms with E-state index in [9.17, 15) is 43.9 Å². The van der Waals surface area contributed by atoms with E-state index in [4.69, 9.17) is 0 Å². The van der Waals surface area contributed by atoms with E-state index in [-0.39, 0.29) is 38.0 Å². The van der Waals surface area contributed by atoms with Gasteiger partial charge in [0.05, 0.1) is 16.4 Å². The van der Waals surface area contributed by atoms with Crippen LogP contribution >= 0.6 is 12.4 Å². The molecule has 7 nitrogen and oxygen atoms in total. The lowest BCUT2D eigenvalue weighted by Crippen LogP contribution is -2.55. The molecule has 2 aliphatic heterocycles. The minimum atomic E-state index is -5.09. The minimum Gasteiger partial charge on any atom is -0.324 e. The van der Waals surface area contributed by atoms with Gasteiger partial charge in [-0.3, -0.25) is 4.90 Å². The van der Waals surface area contributed by atoms with Gasteiger partial charge in [-0.2, -0.15) is 26.3 Å². The predicted octanol–water partition coefficient (Wildman–Crippen LogP) is 5.71. The summed E-state index contributed by atoms with van der Waals surface area (Å²) in [6, 6.07) is 4.65. The van der Waals surface area contributed by atoms with Crippen LogP contribution in [0.3, 0.4) is 0 Å². The fourth-order valence-corrected chi connectivity index (χ4v) is 7.55. The fraction of sp³-hybridized carbons (Fsp3) is 0.519. The Morgan fingerprint density at radius 1 is 0.907 bits per heavy atom. The average Bonchev–Trinajstić information content (AvgIpc) is 2.95. The normalized spacial score (nSPS) is 20.8. The zero-order valence-corrected chi connectivity index (χ0v) is 24.9. The van der Waals surface area contributed by atoms with Crippen molar-refractivity contribution in [2.24, 2.45) is 0 Å². The van der Waals surface area contributed by atoms with Crippen molar-refractivity contribution in [3.05, 3.63) is 65.0 Å². The largest absolute Gasteiger partial charge is 0.416 e. The maximum absolute atomic E-state index is 13.7. The molecule has 2 aromatic rings. The molecule has 16 heteroatoms. The van der Waals surface area contributed by atoms with Crippen molar-refractivity contribution < 1.29 is 43.9 Å². The van der Waals surface area contributed by atoms with E-state index in [0.717, 1.165) is 7.05 Å². The summed E-state index contributed by atoms with van der Waals surface area (Å²) in [5.74, 6) is -1.18. The van der Waals surface area contributed by atoms with E-state index in [1.54, 1.807) is 0 Å². The van der Waals surface area contributed by atoms with Crippen LogP contribution in [0.25, 0.3) is 0 Å². The molecule has 0 bridgehead atoms. The van der Waals surface area contributed by atoms with Crippen molar-refractivity contribution in [2.75, 3.05) is 45.2 Å². The molecule has 2 aliphatic rings. The van der Waals surface area contributed by atoms with E-state index in [1.165, 1.54) is 40.5 Å². The standard InChI is InChI=1S/C27H31F7N4O3S.ClH/c1-36(21-14-18(26(29,30)31)13-19(15-21)27(32,33)34)25(39)37(2)24-9-12-38(42(40,41)22-7-10-35-11-8-22)16-23(24)17-3-5-20(28)6-4-17;/h3-6,13-15,22-24,35H,7-12,16H2,1-2H3;1H/t23-,24+;/m0./s1. The molecule has 2 atom stereocenters. The Morgan fingerprint density at radius 2 is 1.44 bits per heavy atom. The summed E-state index contributed by atoms with van der Waals surface area (Å²) < 4.78 is 123. The van der Waals surface area contributed by atoms with Gasteiger partial charge >= 0.3 is 18.4 Å². The van der Waals surface area contributed by atoms with Gasteiger partial charge in [-0.15, -0.1) is 12.4 Å². The molecule has 4 rings (SSSR count). The summed E-state index contributed by atoms with van der Waals surface area (Å²) in [4.78, 5) is 15.4. The third-order valence-electron chi connectivity index (χ3n) is 7.95. The van der Waals surface area contributed by atoms with Crippen LogP contribution in [0.1, 0.15) is 41.9 Å². The average molecular weight is 661 g/mol. The van der Waals surface area contributed by atoms with Gasteiger partial charge in [0.25, 0.3) is 0 Å². The Kier molecular flexibility index (Phi) is 10.7. The molecule has 0 unspecified atom stereocenters. The van der Waals surface area contributed by atoms with E-state index >= 15 is 0 Å². The molecular formula is C27H32ClF7N4O3S. The number of nitrogens with zero attached hydrogens (tertiary/aromatic N) is 3. The third kappa shape index (κ3) is 7.73. The first-order valence-corrected chi connectivity index (χ1v) is 14.8. The van der Waals surface area contributed by atoms with E-state index in [0.29, 0.717) is 48.5 Å². The van der Waals surface area contributed by atoms with Gasteiger partial charge in [0.2, 0.25) is 10.0 Å². The maximum Gasteiger partial charge on any atom is 0.416 e. The van der Waals surface area contributed by atoms with Crippen molar-refractivity contribution >= 4 is 34.1 Å². The quantitative estimate of drug-likeness (QED) is 0.417. The second kappa shape index (κ2) is 13.2. The van der Waals surface area contributed by atoms with Crippen LogP contribution in [0, 0.1) is 5.82 Å². The highest BCUT2D eigenvalue weighted by Gasteiger charge is 2.43. The number of likely N-dealkylation sites (N-methyl/N-ethyl adjacent to an activating group) is 1. The molecule has 0 aromatic heterocycles. The highest BCUT2D eigenvalue weighted by Crippen LogP contribution is 2.39. The lowest BCUT2D eigenvalue weighted by molar-refractivity contribution is -0.143. The molecule has 0 saturated carbocycles. The maximum atomic E-state index is 13.7. The number of piperidine rings is 2. The Balaban J connectivity index is 0.00000506. The van der Waals surface area contributed by atoms with E-state index in [1.807, 2.05) is 0 Å². The minimum absolute atomic E-state index is 0. The van der Waals surface area contributed by atoms with Crippen LogP contribution in [-0.4, -0.2) is 75.2 Å². The predicted molar refractivity (Wildman–Crippen MR) is 149 cm³/mol. The number of rotatable bonds is 5. The number of carbonyl (C=O) groups is 1. The van der Waals surface area contributed by atoms with Gasteiger partial charge in [0, 0.05) is 44.8 Å². The van der Waals surface area contributed by atoms with E-state index in [2.05, 4.69) is 5.32 Å². The Bertz CT molecular complexity index is 1350. The van der Waals surface area contributed by atoms with Gasteiger partial charge in [0.1, 0.15) is 5.82 Å². The van der Waals surface area contributed by atoms with E-state index < -0.39 is 68.2 Å². The van der Waals surface area contributed by atoms with Crippen LogP contribution in [0.4, 0.5) is 41.2 Å². The second-order valence-corrected chi connectivity index (χ2v) is 12.8. The van der Waals surface area contributed by atoms with Crippen LogP contribution in [0.2, 0.25) is 0 Å². The van der Waals surface area contributed by atoms with Crippen LogP contribution < -0.4 is 10.2 Å². The van der Waals surface area contributed by atoms with Gasteiger partial charge < -0.3 is 10.2 Å². The summed E-state index contributed by atoms with van der Waals surface area (Å²) in [5.41, 5.74) is -3.20. The first-order chi connectivity index (χ1) is 19.5. The lowest BCUT2D eigenvalue weighted by atomic mass is 9.86. The first kappa shape index (κ1) is 34.9. The summed E-state index contributed by atoms with van der Waals surface area (Å²) in [5, 5.41) is 2.53. The summed E-state index contributed by atoms with van der Waals surface area (Å²) in [6.45, 7) is 1.12. The SMILES string of the molecule is CN(C(=O)N(C)[C@@H]1CCN(S(=O)(=O)C2CCNCC2)C[C@H]1c1ccc(F)cc1)c1cc(C(F)(F)F)cc(C(F)(F)F)c1.Cl. The van der Waals surface area contributed by atoms with Crippen LogP contribution in [0.15, 0.2) is 42.5 Å². The molecule has 0 spiro atoms. The zero-order valence-electron chi connectivity index (χ0n) is 23.3. The van der Waals surface area contributed by atoms with Gasteiger partial charge in [-0.25, -0.2) is 21.9 Å². The highest BCUT2D eigenvalue weighted by atomic mass is 35.5. The molecule has 0 radical (unpaired) electrons. The summed E-state index contributed by atoms with van der Waals surface area (Å²) in [6.07, 6.45) is -9.18. The molecule has 43 heavy (non-hydrogen) atoms. The third-order valence-corrected chi connectivity index (χ3v) is 10.3. The molecule has 2 heterocycles. The summed E-state index contributed by atoms with van der Waals surface area (Å²) >= 11 is 0. The number of sulfonamides is 1. The molecule has 2 saturated heterocycles. The Hall–Kier alpha value is -2.62. The highest BCUT2D eigenvalue weighted by molar-refractivity contribution is 7.89. The molecule has 2 aromatic carbocycles. The van der Waals surface area contributed by atoms with Gasteiger partial charge in [0.15, 0.2) is 0 Å². The van der Waals surface area contributed by atoms with Crippen molar-refractivity contribution in [1.82, 2.24) is 14.5 Å². The molecule has 0 aliphatic carbocycles. The Labute approximate surface area is 251 Å². The van der Waals surface area contributed by atoms with Crippen molar-refractivity contribution in [3.63, 3.8) is 0 Å². The number of anilines is 1. The first-order valence-electron chi connectivity index (χ1n) is 13.3.